The van der Waals surface area contributed by atoms with Crippen LogP contribution in [0, 0.1) is 0 Å². The molecule has 3 N–H and O–H groups in total. The molecule has 0 unspecified atom stereocenters. The second-order valence-electron chi connectivity index (χ2n) is 4.22. The number of thioether (sulfide) groups is 1. The fourth-order valence-corrected chi connectivity index (χ4v) is 2.61. The number of hydrogen-bond acceptors (Lipinski definition) is 4. The zero-order chi connectivity index (χ0) is 15.2. The van der Waals surface area contributed by atoms with Gasteiger partial charge in [0.05, 0.1) is 16.3 Å². The molecule has 2 aromatic carbocycles. The Kier molecular flexibility index (Phi) is 5.25. The molecule has 6 heteroatoms. The Hall–Kier alpha value is -1.98. The van der Waals surface area contributed by atoms with Crippen molar-refractivity contribution in [3.63, 3.8) is 0 Å². The van der Waals surface area contributed by atoms with Crippen LogP contribution in [0.4, 0.5) is 5.69 Å². The van der Waals surface area contributed by atoms with Crippen LogP contribution < -0.4 is 11.1 Å². The van der Waals surface area contributed by atoms with Gasteiger partial charge in [-0.3, -0.25) is 14.9 Å². The Bertz CT molecular complexity index is 676. The maximum Gasteiger partial charge on any atom is 0.259 e. The molecule has 0 spiro atoms. The zero-order valence-corrected chi connectivity index (χ0v) is 12.6. The summed E-state index contributed by atoms with van der Waals surface area (Å²) in [5, 5.41) is 2.62. The minimum atomic E-state index is -0.501. The molecule has 0 heterocycles. The summed E-state index contributed by atoms with van der Waals surface area (Å²) < 4.78 is 0. The number of nitrogen functional groups attached to an aromatic ring is 1. The van der Waals surface area contributed by atoms with E-state index in [4.69, 9.17) is 17.3 Å². The molecule has 0 atom stereocenters. The number of nitrogens with two attached hydrogens (primary N) is 1. The number of hydrogen-bond donors (Lipinski definition) is 2. The normalized spacial score (nSPS) is 10.1. The summed E-state index contributed by atoms with van der Waals surface area (Å²) in [6, 6.07) is 13.8. The van der Waals surface area contributed by atoms with E-state index >= 15 is 0 Å². The van der Waals surface area contributed by atoms with Crippen molar-refractivity contribution in [2.24, 2.45) is 0 Å². The number of carbonyl (C=O) groups excluding carboxylic acids is 2. The standard InChI is InChI=1S/C15H13ClN2O2S/c16-13-7-2-1-6-12(13)15(20)18-14(19)9-21-11-5-3-4-10(17)8-11/h1-8H,9,17H2,(H,18,19,20). The van der Waals surface area contributed by atoms with Crippen molar-refractivity contribution in [2.45, 2.75) is 4.90 Å². The maximum absolute atomic E-state index is 11.9. The van der Waals surface area contributed by atoms with Crippen LogP contribution in [0.15, 0.2) is 53.4 Å². The number of benzene rings is 2. The number of nitrogens with one attached hydrogen (secondary N) is 1. The van der Waals surface area contributed by atoms with Crippen LogP contribution in [0.1, 0.15) is 10.4 Å². The predicted molar refractivity (Wildman–Crippen MR) is 85.5 cm³/mol. The SMILES string of the molecule is Nc1cccc(SCC(=O)NC(=O)c2ccccc2Cl)c1. The maximum atomic E-state index is 11.9. The highest BCUT2D eigenvalue weighted by atomic mass is 35.5. The highest BCUT2D eigenvalue weighted by molar-refractivity contribution is 8.00. The molecule has 2 aromatic rings. The van der Waals surface area contributed by atoms with Crippen molar-refractivity contribution in [1.82, 2.24) is 5.32 Å². The molecule has 0 aromatic heterocycles. The summed E-state index contributed by atoms with van der Waals surface area (Å²) in [4.78, 5) is 24.5. The van der Waals surface area contributed by atoms with Gasteiger partial charge in [-0.2, -0.15) is 0 Å². The predicted octanol–water partition coefficient (Wildman–Crippen LogP) is 2.97. The van der Waals surface area contributed by atoms with E-state index < -0.39 is 5.91 Å². The molecule has 0 saturated carbocycles. The third-order valence-electron chi connectivity index (χ3n) is 2.60. The summed E-state index contributed by atoms with van der Waals surface area (Å²) in [7, 11) is 0. The molecule has 4 nitrogen and oxygen atoms in total. The fourth-order valence-electron chi connectivity index (χ4n) is 1.63. The second-order valence-corrected chi connectivity index (χ2v) is 5.67. The van der Waals surface area contributed by atoms with Crippen molar-refractivity contribution < 1.29 is 9.59 Å². The lowest BCUT2D eigenvalue weighted by Crippen LogP contribution is -2.32. The zero-order valence-electron chi connectivity index (χ0n) is 11.0. The summed E-state index contributed by atoms with van der Waals surface area (Å²) in [5.41, 5.74) is 6.57. The van der Waals surface area contributed by atoms with Crippen LogP contribution in [-0.2, 0) is 4.79 Å². The summed E-state index contributed by atoms with van der Waals surface area (Å²) in [6.07, 6.45) is 0. The van der Waals surface area contributed by atoms with E-state index in [-0.39, 0.29) is 17.2 Å². The molecule has 0 bridgehead atoms. The first kappa shape index (κ1) is 15.4. The summed E-state index contributed by atoms with van der Waals surface area (Å²) in [6.45, 7) is 0. The Balaban J connectivity index is 1.90. The van der Waals surface area contributed by atoms with Crippen LogP contribution in [0.3, 0.4) is 0 Å². The van der Waals surface area contributed by atoms with Crippen LogP contribution in [0.2, 0.25) is 5.02 Å². The van der Waals surface area contributed by atoms with Gasteiger partial charge in [-0.15, -0.1) is 11.8 Å². The molecule has 2 amide bonds. The van der Waals surface area contributed by atoms with Crippen molar-refractivity contribution in [3.05, 3.63) is 59.1 Å². The van der Waals surface area contributed by atoms with Crippen LogP contribution in [-0.4, -0.2) is 17.6 Å². The minimum Gasteiger partial charge on any atom is -0.399 e. The number of rotatable bonds is 4. The van der Waals surface area contributed by atoms with E-state index in [9.17, 15) is 9.59 Å². The molecule has 0 aliphatic carbocycles. The van der Waals surface area contributed by atoms with E-state index in [0.29, 0.717) is 10.7 Å². The second kappa shape index (κ2) is 7.15. The van der Waals surface area contributed by atoms with Crippen LogP contribution in [0.25, 0.3) is 0 Å². The van der Waals surface area contributed by atoms with Gasteiger partial charge >= 0.3 is 0 Å². The van der Waals surface area contributed by atoms with Crippen molar-refractivity contribution in [2.75, 3.05) is 11.5 Å². The molecule has 0 aliphatic rings. The third kappa shape index (κ3) is 4.51. The quantitative estimate of drug-likeness (QED) is 0.671. The Morgan fingerprint density at radius 2 is 1.90 bits per heavy atom. The van der Waals surface area contributed by atoms with Gasteiger partial charge in [0.1, 0.15) is 0 Å². The molecule has 108 valence electrons. The van der Waals surface area contributed by atoms with Gasteiger partial charge in [-0.05, 0) is 30.3 Å². The van der Waals surface area contributed by atoms with Gasteiger partial charge in [0.25, 0.3) is 5.91 Å². The number of imide groups is 1. The van der Waals surface area contributed by atoms with Gasteiger partial charge in [-0.25, -0.2) is 0 Å². The monoisotopic (exact) mass is 320 g/mol. The molecule has 2 rings (SSSR count). The molecular formula is C15H13ClN2O2S. The topological polar surface area (TPSA) is 72.2 Å². The van der Waals surface area contributed by atoms with Crippen molar-refractivity contribution >= 4 is 40.9 Å². The smallest absolute Gasteiger partial charge is 0.259 e. The van der Waals surface area contributed by atoms with Crippen LogP contribution in [0.5, 0.6) is 0 Å². The van der Waals surface area contributed by atoms with Gasteiger partial charge < -0.3 is 5.73 Å². The Morgan fingerprint density at radius 1 is 1.14 bits per heavy atom. The lowest BCUT2D eigenvalue weighted by molar-refractivity contribution is -0.117. The largest absolute Gasteiger partial charge is 0.399 e. The molecule has 0 radical (unpaired) electrons. The first-order valence-electron chi connectivity index (χ1n) is 6.13. The first-order valence-corrected chi connectivity index (χ1v) is 7.49. The minimum absolute atomic E-state index is 0.125. The lowest BCUT2D eigenvalue weighted by atomic mass is 10.2. The number of amides is 2. The van der Waals surface area contributed by atoms with Crippen LogP contribution >= 0.6 is 23.4 Å². The average molecular weight is 321 g/mol. The number of anilines is 1. The van der Waals surface area contributed by atoms with Gasteiger partial charge in [-0.1, -0.05) is 29.8 Å². The highest BCUT2D eigenvalue weighted by Crippen LogP contribution is 2.20. The van der Waals surface area contributed by atoms with Crippen molar-refractivity contribution in [3.8, 4) is 0 Å². The van der Waals surface area contributed by atoms with E-state index in [1.165, 1.54) is 11.8 Å². The van der Waals surface area contributed by atoms with Gasteiger partial charge in [0.2, 0.25) is 5.91 Å². The third-order valence-corrected chi connectivity index (χ3v) is 3.92. The number of carbonyl (C=O) groups is 2. The molecule has 0 aliphatic heterocycles. The molecular weight excluding hydrogens is 308 g/mol. The van der Waals surface area contributed by atoms with E-state index in [2.05, 4.69) is 5.32 Å². The highest BCUT2D eigenvalue weighted by Gasteiger charge is 2.13. The first-order chi connectivity index (χ1) is 10.1. The summed E-state index contributed by atoms with van der Waals surface area (Å²) in [5.74, 6) is -0.759. The Labute approximate surface area is 131 Å². The van der Waals surface area contributed by atoms with E-state index in [0.717, 1.165) is 4.90 Å². The number of halogens is 1. The average Bonchev–Trinajstić information content (AvgIpc) is 2.45. The lowest BCUT2D eigenvalue weighted by Gasteiger charge is -2.06. The summed E-state index contributed by atoms with van der Waals surface area (Å²) >= 11 is 7.21. The van der Waals surface area contributed by atoms with Gasteiger partial charge in [0.15, 0.2) is 0 Å². The molecule has 0 fully saturated rings. The molecule has 0 saturated heterocycles. The van der Waals surface area contributed by atoms with Gasteiger partial charge in [0, 0.05) is 10.6 Å². The van der Waals surface area contributed by atoms with Crippen molar-refractivity contribution in [1.29, 1.82) is 0 Å². The fraction of sp³-hybridized carbons (Fsp3) is 0.0667. The molecule has 21 heavy (non-hydrogen) atoms. The Morgan fingerprint density at radius 3 is 2.62 bits per heavy atom. The van der Waals surface area contributed by atoms with E-state index in [1.807, 2.05) is 12.1 Å². The van der Waals surface area contributed by atoms with E-state index in [1.54, 1.807) is 36.4 Å².